The van der Waals surface area contributed by atoms with E-state index in [1.165, 1.54) is 18.2 Å². The smallest absolute Gasteiger partial charge is 0.748 e. The summed E-state index contributed by atoms with van der Waals surface area (Å²) in [5, 5.41) is 1.16. The minimum absolute atomic E-state index is 0. The Balaban J connectivity index is 0.00000946. The molecule has 0 N–H and O–H groups in total. The fourth-order valence-electron chi connectivity index (χ4n) is 9.16. The number of anilines is 1. The number of ether oxygens (including phenoxy) is 8. The number of nitrogens with zero attached hydrogens (tertiary/aromatic N) is 3. The second kappa shape index (κ2) is 37.2. The Labute approximate surface area is 542 Å². The van der Waals surface area contributed by atoms with E-state index in [-0.39, 0.29) is 170 Å². The molecule has 464 valence electrons. The molecule has 0 aromatic heterocycles. The van der Waals surface area contributed by atoms with Crippen LogP contribution in [0.25, 0.3) is 17.4 Å². The van der Waals surface area contributed by atoms with Crippen LogP contribution in [0.1, 0.15) is 83.1 Å². The maximum absolute atomic E-state index is 12.4. The van der Waals surface area contributed by atoms with Gasteiger partial charge < -0.3 is 65.7 Å². The minimum Gasteiger partial charge on any atom is -0.748 e. The molecular weight excluding hydrogens is 1200 g/mol. The van der Waals surface area contributed by atoms with E-state index in [2.05, 4.69) is 20.8 Å². The van der Waals surface area contributed by atoms with Gasteiger partial charge in [-0.15, -0.1) is 5.06 Å². The Bertz CT molecular complexity index is 3060. The van der Waals surface area contributed by atoms with E-state index in [4.69, 9.17) is 47.1 Å². The van der Waals surface area contributed by atoms with Gasteiger partial charge in [0.25, 0.3) is 11.8 Å². The van der Waals surface area contributed by atoms with E-state index in [0.717, 1.165) is 11.1 Å². The van der Waals surface area contributed by atoms with Crippen molar-refractivity contribution in [3.63, 3.8) is 0 Å². The first-order valence-electron chi connectivity index (χ1n) is 27.2. The first kappa shape index (κ1) is 76.2. The van der Waals surface area contributed by atoms with Gasteiger partial charge >= 0.3 is 65.1 Å². The average molecular weight is 1270 g/mol. The summed E-state index contributed by atoms with van der Waals surface area (Å²) in [7, 11) is -12.4. The summed E-state index contributed by atoms with van der Waals surface area (Å²) in [4.78, 5) is 41.3. The van der Waals surface area contributed by atoms with Gasteiger partial charge in [0, 0.05) is 72.9 Å². The summed E-state index contributed by atoms with van der Waals surface area (Å²) in [5.41, 5.74) is 1.78. The van der Waals surface area contributed by atoms with Crippen molar-refractivity contribution in [3.05, 3.63) is 82.6 Å². The van der Waals surface area contributed by atoms with E-state index < -0.39 is 75.4 Å². The van der Waals surface area contributed by atoms with Gasteiger partial charge in [-0.25, -0.2) is 34.6 Å². The van der Waals surface area contributed by atoms with Crippen molar-refractivity contribution >= 4 is 59.9 Å². The summed E-state index contributed by atoms with van der Waals surface area (Å²) < 4.78 is 160. The first-order chi connectivity index (χ1) is 39.3. The van der Waals surface area contributed by atoms with E-state index in [9.17, 15) is 53.3 Å². The van der Waals surface area contributed by atoms with Crippen molar-refractivity contribution < 1.29 is 160 Å². The number of amides is 2. The Hall–Kier alpha value is -3.05. The van der Waals surface area contributed by atoms with E-state index in [1.54, 1.807) is 32.3 Å². The predicted molar refractivity (Wildman–Crippen MR) is 298 cm³/mol. The zero-order valence-electron chi connectivity index (χ0n) is 49.7. The third-order valence-electron chi connectivity index (χ3n) is 13.3. The summed E-state index contributed by atoms with van der Waals surface area (Å²) in [6.07, 6.45) is 5.13. The zero-order chi connectivity index (χ0) is 60.7. The van der Waals surface area contributed by atoms with Gasteiger partial charge in [0.2, 0.25) is 5.36 Å². The van der Waals surface area contributed by atoms with Gasteiger partial charge in [-0.05, 0) is 78.8 Å². The second-order valence-electron chi connectivity index (χ2n) is 20.6. The van der Waals surface area contributed by atoms with Crippen molar-refractivity contribution in [2.75, 3.05) is 142 Å². The molecule has 25 nitrogen and oxygen atoms in total. The van der Waals surface area contributed by atoms with Crippen LogP contribution < -0.4 is 73.9 Å². The maximum atomic E-state index is 12.4. The molecule has 4 aliphatic rings. The maximum Gasteiger partial charge on any atom is 1.00 e. The molecule has 0 radical (unpaired) electrons. The predicted octanol–water partition coefficient (Wildman–Crippen LogP) is -2.94. The third-order valence-corrected chi connectivity index (χ3v) is 15.7. The molecule has 0 spiro atoms. The summed E-state index contributed by atoms with van der Waals surface area (Å²) in [6, 6.07) is 11.6. The molecule has 1 aliphatic carbocycles. The van der Waals surface area contributed by atoms with Crippen LogP contribution in [0.4, 0.5) is 5.69 Å². The standard InChI is InChI=1S/C55H79N3O22S3.2Na/c1-54(2,3)46-40-43(79-49-39-42(11-13-45(46)49)56(19-8-38-82(65,66)67)20-23-73-28-31-77-34-33-75-26-25-71-5)9-6-10-50-55(4,18-7-37-81(62,63)64)47-41-44(83(68,69)70)12-14-48(47)57(50)21-24-74-29-32-78-36-35-76-30-27-72-22-17-53(61)80-58-51(59)15-16-52(58)60;;/h6,9-14,39-41H,7-8,15-38H2,1-5H3,(H2-,62,63,64,65,66,67,68,69,70);;/q;2*+1/p-2. The molecular formula is C55H77N3Na2O22S3. The molecule has 1 fully saturated rings. The fourth-order valence-corrected chi connectivity index (χ4v) is 10.6. The van der Waals surface area contributed by atoms with Crippen molar-refractivity contribution in [1.82, 2.24) is 9.64 Å². The molecule has 2 amide bonds. The van der Waals surface area contributed by atoms with E-state index in [1.807, 2.05) is 33.7 Å². The molecule has 0 bridgehead atoms. The number of methoxy groups -OCH3 is 1. The summed E-state index contributed by atoms with van der Waals surface area (Å²) >= 11 is 0. The van der Waals surface area contributed by atoms with Crippen LogP contribution in [0.15, 0.2) is 69.6 Å². The van der Waals surface area contributed by atoms with Gasteiger partial charge in [-0.1, -0.05) is 26.8 Å². The van der Waals surface area contributed by atoms with Crippen LogP contribution in [-0.2, 0) is 98.3 Å². The number of hydroxylamine groups is 2. The molecule has 3 aliphatic heterocycles. The number of fused-ring (bicyclic) bond motifs is 2. The van der Waals surface area contributed by atoms with E-state index in [0.29, 0.717) is 85.1 Å². The van der Waals surface area contributed by atoms with Gasteiger partial charge in [0.15, 0.2) is 6.54 Å². The number of rotatable bonds is 39. The van der Waals surface area contributed by atoms with Crippen LogP contribution >= 0.6 is 0 Å². The fraction of sp³-hybridized carbons (Fsp3) is 0.600. The van der Waals surface area contributed by atoms with Crippen LogP contribution in [0.3, 0.4) is 0 Å². The second-order valence-corrected chi connectivity index (χ2v) is 25.0. The number of benzene rings is 2. The SMILES string of the molecule is COCCOCCOCCOCC[N+](CCCS(=O)(=O)[O-])=c1ccc2c(C(C)(C)C)cc(/C=C/C=C3/N(CCOCCOCCOCCOCCC(=O)ON4C(=O)CCC4=O)c4ccc(S(=O)(=O)[O-])cc4C3(C)CCCS(=O)(=O)[O-])oc-2c1.[Na+].[Na+]. The largest absolute Gasteiger partial charge is 1.00 e. The molecule has 1 atom stereocenters. The topological polar surface area (TPSA) is 329 Å². The Morgan fingerprint density at radius 1 is 0.694 bits per heavy atom. The number of imide groups is 1. The zero-order valence-corrected chi connectivity index (χ0v) is 56.2. The van der Waals surface area contributed by atoms with Gasteiger partial charge in [-0.3, -0.25) is 9.59 Å². The molecule has 85 heavy (non-hydrogen) atoms. The number of hydrogen-bond acceptors (Lipinski definition) is 23. The minimum atomic E-state index is -4.93. The van der Waals surface area contributed by atoms with Crippen LogP contribution in [0, 0.1) is 0 Å². The van der Waals surface area contributed by atoms with Crippen LogP contribution in [0.2, 0.25) is 0 Å². The van der Waals surface area contributed by atoms with Gasteiger partial charge in [-0.2, -0.15) is 0 Å². The van der Waals surface area contributed by atoms with Gasteiger partial charge in [0.05, 0.1) is 130 Å². The van der Waals surface area contributed by atoms with Crippen molar-refractivity contribution in [2.24, 2.45) is 0 Å². The van der Waals surface area contributed by atoms with Crippen molar-refractivity contribution in [1.29, 1.82) is 0 Å². The van der Waals surface area contributed by atoms with Crippen LogP contribution in [-0.4, -0.2) is 199 Å². The van der Waals surface area contributed by atoms with E-state index >= 15 is 0 Å². The van der Waals surface area contributed by atoms with Crippen LogP contribution in [0.5, 0.6) is 0 Å². The Morgan fingerprint density at radius 2 is 1.24 bits per heavy atom. The third kappa shape index (κ3) is 26.1. The monoisotopic (exact) mass is 1270 g/mol. The molecule has 1 aromatic rings. The van der Waals surface area contributed by atoms with Crippen molar-refractivity contribution in [3.8, 4) is 11.3 Å². The molecule has 3 heterocycles. The Kier molecular flexibility index (Phi) is 33.3. The first-order valence-corrected chi connectivity index (χ1v) is 31.8. The molecule has 1 aromatic carbocycles. The number of allylic oxidation sites excluding steroid dienone is 3. The average Bonchev–Trinajstić information content (AvgIpc) is 1.68. The molecule has 30 heteroatoms. The number of hydrogen-bond donors (Lipinski definition) is 0. The molecule has 1 unspecified atom stereocenters. The van der Waals surface area contributed by atoms with Gasteiger partial charge in [0.1, 0.15) is 34.8 Å². The Morgan fingerprint density at radius 3 is 1.79 bits per heavy atom. The number of carbonyl (C=O) groups excluding carboxylic acids is 3. The summed E-state index contributed by atoms with van der Waals surface area (Å²) in [5.74, 6) is -2.21. The quantitative estimate of drug-likeness (QED) is 0.0181. The molecule has 5 rings (SSSR count). The number of carbonyl (C=O) groups is 3. The van der Waals surface area contributed by atoms with Crippen molar-refractivity contribution in [2.45, 2.75) is 81.9 Å². The molecule has 0 saturated carbocycles. The molecule has 1 saturated heterocycles. The summed E-state index contributed by atoms with van der Waals surface area (Å²) in [6.45, 7) is 12.7. The normalized spacial score (nSPS) is 16.6.